The molecule has 6 heteroatoms. The van der Waals surface area contributed by atoms with Crippen LogP contribution in [0.1, 0.15) is 44.9 Å². The monoisotopic (exact) mass is 288 g/mol. The second-order valence-electron chi connectivity index (χ2n) is 4.75. The summed E-state index contributed by atoms with van der Waals surface area (Å²) in [6, 6.07) is 0. The van der Waals surface area contributed by atoms with Gasteiger partial charge in [-0.1, -0.05) is 37.8 Å². The van der Waals surface area contributed by atoms with Crippen LogP contribution in [0.25, 0.3) is 0 Å². The Morgan fingerprint density at radius 3 is 2.15 bits per heavy atom. The van der Waals surface area contributed by atoms with Crippen molar-refractivity contribution in [3.05, 3.63) is 12.2 Å². The maximum absolute atomic E-state index is 11.0. The molecule has 0 aliphatic heterocycles. The Balaban J connectivity index is 3.84. The van der Waals surface area contributed by atoms with Crippen LogP contribution in [0.15, 0.2) is 12.2 Å². The zero-order valence-electron chi connectivity index (χ0n) is 11.6. The predicted octanol–water partition coefficient (Wildman–Crippen LogP) is 1.41. The molecule has 0 fully saturated rings. The van der Waals surface area contributed by atoms with Gasteiger partial charge in [-0.15, -0.1) is 0 Å². The molecule has 0 aliphatic carbocycles. The van der Waals surface area contributed by atoms with Gasteiger partial charge in [0.15, 0.2) is 0 Å². The van der Waals surface area contributed by atoms with E-state index in [0.29, 0.717) is 19.3 Å². The number of unbranched alkanes of at least 4 members (excludes halogenated alkanes) is 4. The van der Waals surface area contributed by atoms with Crippen molar-refractivity contribution in [1.29, 1.82) is 0 Å². The number of aliphatic hydroxyl groups is 2. The summed E-state index contributed by atoms with van der Waals surface area (Å²) in [5.41, 5.74) is 0. The first-order chi connectivity index (χ1) is 9.49. The van der Waals surface area contributed by atoms with Crippen LogP contribution in [-0.4, -0.2) is 45.1 Å². The molecule has 116 valence electrons. The molecular weight excluding hydrogens is 264 g/mol. The van der Waals surface area contributed by atoms with Gasteiger partial charge >= 0.3 is 11.9 Å². The van der Waals surface area contributed by atoms with Crippen LogP contribution in [0, 0.1) is 5.92 Å². The van der Waals surface area contributed by atoms with Crippen molar-refractivity contribution in [1.82, 2.24) is 0 Å². The largest absolute Gasteiger partial charge is 0.481 e. The molecule has 0 bridgehead atoms. The highest BCUT2D eigenvalue weighted by atomic mass is 16.4. The average Bonchev–Trinajstić information content (AvgIpc) is 2.38. The van der Waals surface area contributed by atoms with Gasteiger partial charge < -0.3 is 20.4 Å². The number of rotatable bonds is 12. The highest BCUT2D eigenvalue weighted by Gasteiger charge is 2.23. The Morgan fingerprint density at radius 1 is 1.00 bits per heavy atom. The van der Waals surface area contributed by atoms with Crippen LogP contribution in [0.4, 0.5) is 0 Å². The molecule has 0 spiro atoms. The summed E-state index contributed by atoms with van der Waals surface area (Å²) in [5, 5.41) is 35.7. The zero-order valence-corrected chi connectivity index (χ0v) is 11.6. The summed E-state index contributed by atoms with van der Waals surface area (Å²) < 4.78 is 0. The summed E-state index contributed by atoms with van der Waals surface area (Å²) in [6.07, 6.45) is 5.88. The summed E-state index contributed by atoms with van der Waals surface area (Å²) in [6.45, 7) is -0.229. The second-order valence-corrected chi connectivity index (χ2v) is 4.75. The third kappa shape index (κ3) is 9.52. The fraction of sp³-hybridized carbons (Fsp3) is 0.714. The fourth-order valence-corrected chi connectivity index (χ4v) is 1.95. The first-order valence-electron chi connectivity index (χ1n) is 6.89. The van der Waals surface area contributed by atoms with E-state index in [2.05, 4.69) is 0 Å². The van der Waals surface area contributed by atoms with Crippen molar-refractivity contribution in [2.75, 3.05) is 6.61 Å². The molecule has 0 aliphatic rings. The van der Waals surface area contributed by atoms with Crippen molar-refractivity contribution < 1.29 is 30.0 Å². The molecule has 0 radical (unpaired) electrons. The van der Waals surface area contributed by atoms with Crippen molar-refractivity contribution in [2.24, 2.45) is 5.92 Å². The predicted molar refractivity (Wildman–Crippen MR) is 73.3 cm³/mol. The smallest absolute Gasteiger partial charge is 0.309 e. The van der Waals surface area contributed by atoms with Gasteiger partial charge in [-0.2, -0.15) is 0 Å². The Bertz CT molecular complexity index is 313. The minimum absolute atomic E-state index is 0.169. The zero-order chi connectivity index (χ0) is 15.4. The van der Waals surface area contributed by atoms with Crippen LogP contribution < -0.4 is 0 Å². The SMILES string of the molecule is O=C(O)CCCCCCCC(C(=O)O)C(O)C=CCO. The lowest BCUT2D eigenvalue weighted by Crippen LogP contribution is -2.26. The lowest BCUT2D eigenvalue weighted by Gasteiger charge is -2.15. The van der Waals surface area contributed by atoms with Crippen LogP contribution in [-0.2, 0) is 9.59 Å². The second kappa shape index (κ2) is 11.4. The molecule has 0 saturated heterocycles. The molecule has 6 nitrogen and oxygen atoms in total. The van der Waals surface area contributed by atoms with Crippen LogP contribution >= 0.6 is 0 Å². The minimum Gasteiger partial charge on any atom is -0.481 e. The van der Waals surface area contributed by atoms with Crippen molar-refractivity contribution in [3.63, 3.8) is 0 Å². The molecule has 0 aromatic rings. The number of hydrogen-bond acceptors (Lipinski definition) is 4. The number of aliphatic carboxylic acids is 2. The maximum Gasteiger partial charge on any atom is 0.309 e. The van der Waals surface area contributed by atoms with Gasteiger partial charge in [-0.25, -0.2) is 0 Å². The van der Waals surface area contributed by atoms with E-state index in [4.69, 9.17) is 15.3 Å². The molecule has 2 unspecified atom stereocenters. The van der Waals surface area contributed by atoms with E-state index in [1.165, 1.54) is 12.2 Å². The van der Waals surface area contributed by atoms with Crippen LogP contribution in [0.5, 0.6) is 0 Å². The number of hydrogen-bond donors (Lipinski definition) is 4. The van der Waals surface area contributed by atoms with E-state index in [1.54, 1.807) is 0 Å². The summed E-state index contributed by atoms with van der Waals surface area (Å²) in [4.78, 5) is 21.3. The van der Waals surface area contributed by atoms with E-state index < -0.39 is 24.0 Å². The normalized spacial score (nSPS) is 14.3. The van der Waals surface area contributed by atoms with Gasteiger partial charge in [-0.3, -0.25) is 9.59 Å². The summed E-state index contributed by atoms with van der Waals surface area (Å²) in [7, 11) is 0. The molecule has 0 heterocycles. The molecule has 0 rings (SSSR count). The molecule has 0 aromatic heterocycles. The number of carboxylic acids is 2. The Morgan fingerprint density at radius 2 is 1.60 bits per heavy atom. The number of carbonyl (C=O) groups is 2. The van der Waals surface area contributed by atoms with Gasteiger partial charge in [0.1, 0.15) is 0 Å². The van der Waals surface area contributed by atoms with Crippen molar-refractivity contribution in [2.45, 2.75) is 51.0 Å². The molecule has 4 N–H and O–H groups in total. The van der Waals surface area contributed by atoms with E-state index in [9.17, 15) is 14.7 Å². The van der Waals surface area contributed by atoms with Gasteiger partial charge in [0.2, 0.25) is 0 Å². The number of aliphatic hydroxyl groups excluding tert-OH is 2. The Labute approximate surface area is 118 Å². The third-order valence-electron chi connectivity index (χ3n) is 3.07. The number of carboxylic acid groups (broad SMARTS) is 2. The highest BCUT2D eigenvalue weighted by Crippen LogP contribution is 2.17. The van der Waals surface area contributed by atoms with E-state index in [1.807, 2.05) is 0 Å². The van der Waals surface area contributed by atoms with Gasteiger partial charge in [0, 0.05) is 6.42 Å². The van der Waals surface area contributed by atoms with Gasteiger partial charge in [0.05, 0.1) is 18.6 Å². The molecule has 20 heavy (non-hydrogen) atoms. The molecule has 2 atom stereocenters. The highest BCUT2D eigenvalue weighted by molar-refractivity contribution is 5.71. The van der Waals surface area contributed by atoms with Crippen molar-refractivity contribution >= 4 is 11.9 Å². The van der Waals surface area contributed by atoms with E-state index >= 15 is 0 Å². The van der Waals surface area contributed by atoms with Gasteiger partial charge in [0.25, 0.3) is 0 Å². The van der Waals surface area contributed by atoms with Crippen molar-refractivity contribution in [3.8, 4) is 0 Å². The maximum atomic E-state index is 11.0. The lowest BCUT2D eigenvalue weighted by molar-refractivity contribution is -0.145. The quantitative estimate of drug-likeness (QED) is 0.319. The van der Waals surface area contributed by atoms with E-state index in [0.717, 1.165) is 19.3 Å². The van der Waals surface area contributed by atoms with E-state index in [-0.39, 0.29) is 13.0 Å². The fourth-order valence-electron chi connectivity index (χ4n) is 1.95. The molecule has 0 saturated carbocycles. The molecular formula is C14H24O6. The average molecular weight is 288 g/mol. The lowest BCUT2D eigenvalue weighted by atomic mass is 9.94. The molecule has 0 aromatic carbocycles. The summed E-state index contributed by atoms with van der Waals surface area (Å²) >= 11 is 0. The Kier molecular flexibility index (Phi) is 10.6. The standard InChI is InChI=1S/C14H24O6/c15-10-6-8-12(16)11(14(19)20)7-4-2-1-3-5-9-13(17)18/h6,8,11-12,15-16H,1-5,7,9-10H2,(H,17,18)(H,19,20). The topological polar surface area (TPSA) is 115 Å². The Hall–Kier alpha value is -1.40. The first kappa shape index (κ1) is 18.6. The third-order valence-corrected chi connectivity index (χ3v) is 3.07. The first-order valence-corrected chi connectivity index (χ1v) is 6.89. The minimum atomic E-state index is -1.09. The molecule has 0 amide bonds. The van der Waals surface area contributed by atoms with Gasteiger partial charge in [-0.05, 0) is 12.8 Å². The van der Waals surface area contributed by atoms with Crippen LogP contribution in [0.3, 0.4) is 0 Å². The van der Waals surface area contributed by atoms with Crippen LogP contribution in [0.2, 0.25) is 0 Å². The summed E-state index contributed by atoms with van der Waals surface area (Å²) in [5.74, 6) is -2.71.